The molecular formula is C26H29BrN5O6P. The number of hydrogen-bond acceptors (Lipinski definition) is 7. The van der Waals surface area contributed by atoms with Crippen LogP contribution < -0.4 is 10.1 Å². The summed E-state index contributed by atoms with van der Waals surface area (Å²) in [5.74, 6) is 1.09. The quantitative estimate of drug-likeness (QED) is 0.102. The standard InChI is InChI=1S/C26H29BrN5O6P/c1-17(2)6-3-4-13-32-25-21(24(31-32)30-26(33)19-7-5-12-28-15-19)14-22(27)23(29-25)18-8-10-20(11-9-18)37-16-38-39(34,35)36/h5,7-12,14-15,17H,3-4,6,13,16H2,1-2H3,(H,30,31,33)(H2,34,35,36). The maximum absolute atomic E-state index is 12.8. The molecule has 4 aromatic rings. The Bertz CT molecular complexity index is 1470. The molecule has 11 nitrogen and oxygen atoms in total. The number of aryl methyl sites for hydroxylation is 1. The number of phosphoric ester groups is 1. The van der Waals surface area contributed by atoms with E-state index in [2.05, 4.69) is 44.6 Å². The van der Waals surface area contributed by atoms with E-state index in [0.717, 1.165) is 24.8 Å². The number of fused-ring (bicyclic) bond motifs is 1. The summed E-state index contributed by atoms with van der Waals surface area (Å²) < 4.78 is 22.9. The third kappa shape index (κ3) is 7.93. The number of unbranched alkanes of at least 4 members (excludes halogenated alkanes) is 1. The Kier molecular flexibility index (Phi) is 9.47. The van der Waals surface area contributed by atoms with Gasteiger partial charge in [-0.15, -0.1) is 0 Å². The molecule has 3 aromatic heterocycles. The molecule has 1 amide bonds. The average Bonchev–Trinajstić information content (AvgIpc) is 3.22. The van der Waals surface area contributed by atoms with Gasteiger partial charge in [-0.05, 0) is 70.7 Å². The van der Waals surface area contributed by atoms with Crippen LogP contribution >= 0.6 is 23.8 Å². The fourth-order valence-electron chi connectivity index (χ4n) is 3.89. The van der Waals surface area contributed by atoms with E-state index in [-0.39, 0.29) is 5.91 Å². The van der Waals surface area contributed by atoms with Gasteiger partial charge in [0.2, 0.25) is 0 Å². The highest BCUT2D eigenvalue weighted by atomic mass is 79.9. The summed E-state index contributed by atoms with van der Waals surface area (Å²) in [6, 6.07) is 12.1. The molecule has 0 spiro atoms. The van der Waals surface area contributed by atoms with E-state index in [0.29, 0.717) is 50.8 Å². The largest absolute Gasteiger partial charge is 0.472 e. The molecular weight excluding hydrogens is 589 g/mol. The Balaban J connectivity index is 1.62. The van der Waals surface area contributed by atoms with Crippen LogP contribution in [0.1, 0.15) is 43.5 Å². The second kappa shape index (κ2) is 12.8. The Labute approximate surface area is 234 Å². The van der Waals surface area contributed by atoms with Gasteiger partial charge in [0, 0.05) is 29.0 Å². The Morgan fingerprint density at radius 1 is 1.18 bits per heavy atom. The van der Waals surface area contributed by atoms with Crippen LogP contribution in [0.5, 0.6) is 5.75 Å². The van der Waals surface area contributed by atoms with Crippen LogP contribution in [0.15, 0.2) is 59.3 Å². The van der Waals surface area contributed by atoms with Gasteiger partial charge in [0.25, 0.3) is 5.91 Å². The van der Waals surface area contributed by atoms with E-state index in [1.165, 1.54) is 6.20 Å². The summed E-state index contributed by atoms with van der Waals surface area (Å²) in [5, 5.41) is 8.29. The molecule has 3 N–H and O–H groups in total. The normalized spacial score (nSPS) is 11.7. The third-order valence-corrected chi connectivity index (χ3v) is 6.85. The lowest BCUT2D eigenvalue weighted by molar-refractivity contribution is 0.0829. The smallest absolute Gasteiger partial charge is 0.467 e. The van der Waals surface area contributed by atoms with Crippen LogP contribution in [-0.4, -0.2) is 42.2 Å². The number of nitrogens with one attached hydrogen (secondary N) is 1. The van der Waals surface area contributed by atoms with Crippen molar-refractivity contribution in [2.75, 3.05) is 12.1 Å². The number of halogens is 1. The number of benzene rings is 1. The minimum absolute atomic E-state index is 0.312. The number of amides is 1. The van der Waals surface area contributed by atoms with E-state index < -0.39 is 14.6 Å². The number of carbonyl (C=O) groups is 1. The van der Waals surface area contributed by atoms with E-state index >= 15 is 0 Å². The SMILES string of the molecule is CC(C)CCCCn1nc(NC(=O)c2cccnc2)c2cc(Br)c(-c3ccc(OCOP(=O)(O)O)cc3)nc21. The summed E-state index contributed by atoms with van der Waals surface area (Å²) >= 11 is 3.61. The predicted molar refractivity (Wildman–Crippen MR) is 150 cm³/mol. The second-order valence-corrected chi connectivity index (χ2v) is 11.3. The summed E-state index contributed by atoms with van der Waals surface area (Å²) in [7, 11) is -4.61. The summed E-state index contributed by atoms with van der Waals surface area (Å²) in [6.45, 7) is 4.46. The van der Waals surface area contributed by atoms with Crippen LogP contribution in [-0.2, 0) is 15.6 Å². The minimum Gasteiger partial charge on any atom is -0.467 e. The zero-order chi connectivity index (χ0) is 28.0. The Hall–Kier alpha value is -3.15. The van der Waals surface area contributed by atoms with Crippen LogP contribution in [0.2, 0.25) is 0 Å². The van der Waals surface area contributed by atoms with Gasteiger partial charge in [-0.3, -0.25) is 9.78 Å². The molecule has 0 radical (unpaired) electrons. The molecule has 0 bridgehead atoms. The zero-order valence-electron chi connectivity index (χ0n) is 21.5. The lowest BCUT2D eigenvalue weighted by Gasteiger charge is -2.10. The van der Waals surface area contributed by atoms with Crippen molar-refractivity contribution in [2.24, 2.45) is 5.92 Å². The van der Waals surface area contributed by atoms with Crippen molar-refractivity contribution in [3.63, 3.8) is 0 Å². The number of aromatic nitrogens is 4. The number of pyridine rings is 2. The molecule has 3 heterocycles. The number of rotatable bonds is 12. The predicted octanol–water partition coefficient (Wildman–Crippen LogP) is 5.78. The minimum atomic E-state index is -4.61. The first-order valence-electron chi connectivity index (χ1n) is 12.3. The molecule has 0 aliphatic rings. The molecule has 0 aliphatic heterocycles. The number of ether oxygens (including phenoxy) is 1. The first-order chi connectivity index (χ1) is 18.6. The van der Waals surface area contributed by atoms with E-state index in [4.69, 9.17) is 24.6 Å². The van der Waals surface area contributed by atoms with Crippen molar-refractivity contribution in [1.29, 1.82) is 0 Å². The van der Waals surface area contributed by atoms with Gasteiger partial charge < -0.3 is 19.8 Å². The van der Waals surface area contributed by atoms with Gasteiger partial charge in [-0.1, -0.05) is 26.7 Å². The third-order valence-electron chi connectivity index (χ3n) is 5.81. The molecule has 0 aliphatic carbocycles. The maximum Gasteiger partial charge on any atom is 0.472 e. The van der Waals surface area contributed by atoms with Crippen molar-refractivity contribution >= 4 is 46.5 Å². The molecule has 206 valence electrons. The van der Waals surface area contributed by atoms with Crippen LogP contribution in [0.3, 0.4) is 0 Å². The lowest BCUT2D eigenvalue weighted by Crippen LogP contribution is -2.13. The first-order valence-corrected chi connectivity index (χ1v) is 14.6. The molecule has 0 saturated carbocycles. The molecule has 0 saturated heterocycles. The van der Waals surface area contributed by atoms with Crippen molar-refractivity contribution in [2.45, 2.75) is 39.7 Å². The zero-order valence-corrected chi connectivity index (χ0v) is 23.9. The molecule has 4 rings (SSSR count). The highest BCUT2D eigenvalue weighted by Gasteiger charge is 2.19. The van der Waals surface area contributed by atoms with E-state index in [1.807, 2.05) is 10.7 Å². The van der Waals surface area contributed by atoms with Crippen molar-refractivity contribution in [3.05, 3.63) is 64.9 Å². The number of hydrogen-bond donors (Lipinski definition) is 3. The molecule has 39 heavy (non-hydrogen) atoms. The summed E-state index contributed by atoms with van der Waals surface area (Å²) in [4.78, 5) is 39.3. The van der Waals surface area contributed by atoms with Crippen molar-refractivity contribution < 1.29 is 28.4 Å². The molecule has 0 unspecified atom stereocenters. The highest BCUT2D eigenvalue weighted by molar-refractivity contribution is 9.10. The second-order valence-electron chi connectivity index (χ2n) is 9.25. The summed E-state index contributed by atoms with van der Waals surface area (Å²) in [5.41, 5.74) is 2.50. The van der Waals surface area contributed by atoms with Gasteiger partial charge in [0.05, 0.1) is 16.6 Å². The van der Waals surface area contributed by atoms with Gasteiger partial charge >= 0.3 is 7.82 Å². The monoisotopic (exact) mass is 617 g/mol. The number of nitrogens with zero attached hydrogens (tertiary/aromatic N) is 4. The molecule has 0 atom stereocenters. The fraction of sp³-hybridized carbons (Fsp3) is 0.308. The van der Waals surface area contributed by atoms with Crippen LogP contribution in [0, 0.1) is 5.92 Å². The van der Waals surface area contributed by atoms with Gasteiger partial charge in [-0.2, -0.15) is 5.10 Å². The van der Waals surface area contributed by atoms with Crippen molar-refractivity contribution in [1.82, 2.24) is 19.7 Å². The lowest BCUT2D eigenvalue weighted by atomic mass is 10.1. The highest BCUT2D eigenvalue weighted by Crippen LogP contribution is 2.36. The first kappa shape index (κ1) is 28.8. The Morgan fingerprint density at radius 3 is 2.62 bits per heavy atom. The average molecular weight is 618 g/mol. The fourth-order valence-corrected chi connectivity index (χ4v) is 4.62. The van der Waals surface area contributed by atoms with E-state index in [1.54, 1.807) is 42.6 Å². The maximum atomic E-state index is 12.8. The number of carbonyl (C=O) groups excluding carboxylic acids is 1. The van der Waals surface area contributed by atoms with E-state index in [9.17, 15) is 9.36 Å². The molecule has 13 heteroatoms. The van der Waals surface area contributed by atoms with Crippen molar-refractivity contribution in [3.8, 4) is 17.0 Å². The number of phosphoric acid groups is 1. The van der Waals surface area contributed by atoms with Crippen LogP contribution in [0.25, 0.3) is 22.3 Å². The van der Waals surface area contributed by atoms with Crippen LogP contribution in [0.4, 0.5) is 5.82 Å². The number of anilines is 1. The molecule has 0 fully saturated rings. The summed E-state index contributed by atoms with van der Waals surface area (Å²) in [6.07, 6.45) is 6.18. The van der Waals surface area contributed by atoms with Gasteiger partial charge in [0.15, 0.2) is 18.3 Å². The Morgan fingerprint density at radius 2 is 1.95 bits per heavy atom. The molecule has 1 aromatic carbocycles. The topological polar surface area (TPSA) is 149 Å². The van der Waals surface area contributed by atoms with Gasteiger partial charge in [0.1, 0.15) is 5.75 Å². The van der Waals surface area contributed by atoms with Gasteiger partial charge in [-0.25, -0.2) is 18.8 Å².